The van der Waals surface area contributed by atoms with Crippen LogP contribution in [-0.2, 0) is 46.3 Å². The lowest BCUT2D eigenvalue weighted by Gasteiger charge is -2.24. The van der Waals surface area contributed by atoms with E-state index in [4.69, 9.17) is 33.3 Å². The molecular formula is C20H21F2N6O11P2+. The monoisotopic (exact) mass is 621 g/mol. The Bertz CT molecular complexity index is 1480. The number of carbonyl (C=O) groups is 2. The van der Waals surface area contributed by atoms with Gasteiger partial charge in [-0.15, -0.1) is 9.05 Å². The molecule has 4 N–H and O–H groups in total. The molecule has 17 nitrogen and oxygen atoms in total. The molecule has 220 valence electrons. The number of amides is 2. The van der Waals surface area contributed by atoms with Crippen LogP contribution in [0.1, 0.15) is 6.23 Å². The molecule has 3 fully saturated rings. The largest absolute Gasteiger partial charge is 0.698 e. The van der Waals surface area contributed by atoms with Gasteiger partial charge in [-0.2, -0.15) is 0 Å². The molecule has 2 amide bonds. The maximum atomic E-state index is 15.5. The Hall–Kier alpha value is -2.86. The minimum absolute atomic E-state index is 0.0270. The van der Waals surface area contributed by atoms with E-state index in [0.717, 1.165) is 18.5 Å². The summed E-state index contributed by atoms with van der Waals surface area (Å²) in [5, 5.41) is 2.00. The Morgan fingerprint density at radius 2 is 1.90 bits per heavy atom. The maximum absolute atomic E-state index is 15.5. The molecule has 0 saturated carbocycles. The second-order valence-corrected chi connectivity index (χ2v) is 11.7. The van der Waals surface area contributed by atoms with Crippen LogP contribution in [0.2, 0.25) is 0 Å². The first-order chi connectivity index (χ1) is 19.5. The third-order valence-corrected chi connectivity index (χ3v) is 8.58. The van der Waals surface area contributed by atoms with Gasteiger partial charge in [-0.1, -0.05) is 6.08 Å². The molecule has 41 heavy (non-hydrogen) atoms. The van der Waals surface area contributed by atoms with Gasteiger partial charge in [0, 0.05) is 10.6 Å². The number of hydrogen-bond donors (Lipinski definition) is 3. The van der Waals surface area contributed by atoms with Crippen molar-refractivity contribution in [2.45, 2.75) is 49.1 Å². The van der Waals surface area contributed by atoms with Crippen molar-refractivity contribution < 1.29 is 60.0 Å². The van der Waals surface area contributed by atoms with Crippen LogP contribution in [0.3, 0.4) is 0 Å². The minimum Gasteiger partial charge on any atom is -0.382 e. The van der Waals surface area contributed by atoms with E-state index in [-0.39, 0.29) is 17.0 Å². The highest BCUT2D eigenvalue weighted by Gasteiger charge is 2.57. The number of anilines is 1. The smallest absolute Gasteiger partial charge is 0.382 e. The first-order valence-corrected chi connectivity index (χ1v) is 14.6. The van der Waals surface area contributed by atoms with Crippen LogP contribution in [0.15, 0.2) is 24.8 Å². The Labute approximate surface area is 228 Å². The van der Waals surface area contributed by atoms with Gasteiger partial charge in [0.15, 0.2) is 36.1 Å². The number of hydrogen-bond acceptors (Lipinski definition) is 14. The topological polar surface area (TPSA) is 226 Å². The summed E-state index contributed by atoms with van der Waals surface area (Å²) in [4.78, 5) is 46.0. The predicted octanol–water partition coefficient (Wildman–Crippen LogP) is 0.153. The standard InChI is InChI=1S/C20H20F2N6O11P2/c21-11-8-4-35-41(32,33)39-15-9(36-14(12(15)22)7-1-2-10(29)27-19(7)30)3-34-40(31)38-16(11)20(37-8)28-6-26-13-17(23)24-5-25-18(13)28/h1-2,5-9,11-12,14-16,20H,3-4H2,(H3-,23,24,25,27,29,30,32,33)/p+1/t7?,8-,9-,11-,12+,14?,15-,16-,20-/m1/s1. The SMILES string of the molecule is Nc1ncnc2c1ncn2[C@@H]1O[C@@H]2COP(=O)(O)O[C@@H]3[C@@H](CO[P+](=O)O[C@@H]1[C@@H]2F)OC(C1C=CC(=O)NC1=O)[C@@H]3F. The number of nitrogens with two attached hydrogens (primary N) is 1. The van der Waals surface area contributed by atoms with Crippen LogP contribution < -0.4 is 11.1 Å². The van der Waals surface area contributed by atoms with Crippen molar-refractivity contribution in [3.8, 4) is 0 Å². The van der Waals surface area contributed by atoms with Crippen molar-refractivity contribution in [3.63, 3.8) is 0 Å². The number of imide groups is 1. The van der Waals surface area contributed by atoms with Gasteiger partial charge < -0.3 is 20.1 Å². The van der Waals surface area contributed by atoms with E-state index in [1.807, 2.05) is 5.32 Å². The lowest BCUT2D eigenvalue weighted by molar-refractivity contribution is -0.135. The molecule has 21 heteroatoms. The van der Waals surface area contributed by atoms with Gasteiger partial charge in [-0.3, -0.25) is 28.5 Å². The Kier molecular flexibility index (Phi) is 7.42. The first-order valence-electron chi connectivity index (χ1n) is 12.0. The number of aromatic nitrogens is 4. The van der Waals surface area contributed by atoms with E-state index >= 15 is 8.78 Å². The number of imidazole rings is 1. The van der Waals surface area contributed by atoms with Crippen LogP contribution in [0.4, 0.5) is 14.6 Å². The average Bonchev–Trinajstić information content (AvgIpc) is 3.57. The van der Waals surface area contributed by atoms with Gasteiger partial charge >= 0.3 is 16.1 Å². The Morgan fingerprint density at radius 3 is 2.68 bits per heavy atom. The fourth-order valence-corrected chi connectivity index (χ4v) is 6.62. The van der Waals surface area contributed by atoms with Gasteiger partial charge in [0.05, 0.1) is 18.9 Å². The Morgan fingerprint density at radius 1 is 1.10 bits per heavy atom. The van der Waals surface area contributed by atoms with Crippen molar-refractivity contribution in [3.05, 3.63) is 24.8 Å². The van der Waals surface area contributed by atoms with Gasteiger partial charge in [0.25, 0.3) is 0 Å². The van der Waals surface area contributed by atoms with E-state index in [1.54, 1.807) is 0 Å². The number of nitrogens with zero attached hydrogens (tertiary/aromatic N) is 4. The number of nitrogens with one attached hydrogen (secondary N) is 1. The summed E-state index contributed by atoms with van der Waals surface area (Å²) < 4.78 is 89.6. The highest BCUT2D eigenvalue weighted by Crippen LogP contribution is 2.51. The van der Waals surface area contributed by atoms with Crippen LogP contribution >= 0.6 is 16.1 Å². The molecule has 4 aliphatic rings. The minimum atomic E-state index is -5.12. The van der Waals surface area contributed by atoms with Crippen LogP contribution in [-0.4, -0.2) is 92.3 Å². The third kappa shape index (κ3) is 5.29. The number of halogens is 2. The van der Waals surface area contributed by atoms with E-state index in [0.29, 0.717) is 0 Å². The van der Waals surface area contributed by atoms with E-state index < -0.39 is 96.1 Å². The zero-order valence-electron chi connectivity index (χ0n) is 20.5. The summed E-state index contributed by atoms with van der Waals surface area (Å²) in [5.74, 6) is -2.86. The average molecular weight is 621 g/mol. The quantitative estimate of drug-likeness (QED) is 0.300. The van der Waals surface area contributed by atoms with E-state index in [2.05, 4.69) is 15.0 Å². The number of phosphoric acid groups is 1. The molecule has 0 aliphatic carbocycles. The third-order valence-electron chi connectivity index (χ3n) is 6.82. The molecular weight excluding hydrogens is 600 g/mol. The number of rotatable bonds is 2. The van der Waals surface area contributed by atoms with Crippen molar-refractivity contribution in [2.75, 3.05) is 18.9 Å². The molecule has 6 heterocycles. The molecule has 2 aromatic heterocycles. The maximum Gasteiger partial charge on any atom is 0.698 e. The van der Waals surface area contributed by atoms with Crippen LogP contribution in [0.25, 0.3) is 11.2 Å². The second kappa shape index (κ2) is 10.8. The van der Waals surface area contributed by atoms with Crippen LogP contribution in [0, 0.1) is 5.92 Å². The Balaban J connectivity index is 1.27. The lowest BCUT2D eigenvalue weighted by atomic mass is 9.94. The second-order valence-electron chi connectivity index (χ2n) is 9.34. The molecule has 0 aromatic carbocycles. The number of fused-ring (bicyclic) bond motifs is 4. The molecule has 11 atom stereocenters. The van der Waals surface area contributed by atoms with E-state index in [9.17, 15) is 23.6 Å². The van der Waals surface area contributed by atoms with Gasteiger partial charge in [0.1, 0.15) is 42.9 Å². The molecule has 4 aliphatic heterocycles. The molecule has 3 saturated heterocycles. The van der Waals surface area contributed by atoms with Crippen molar-refractivity contribution >= 4 is 44.9 Å². The normalized spacial score (nSPS) is 41.0. The molecule has 2 aromatic rings. The molecule has 6 rings (SSSR count). The number of alkyl halides is 2. The fraction of sp³-hybridized carbons (Fsp3) is 0.550. The van der Waals surface area contributed by atoms with Crippen molar-refractivity contribution in [1.29, 1.82) is 0 Å². The summed E-state index contributed by atoms with van der Waals surface area (Å²) in [6, 6.07) is 0. The van der Waals surface area contributed by atoms with Crippen molar-refractivity contribution in [2.24, 2.45) is 5.92 Å². The number of phosphoric ester groups is 1. The number of nitrogen functional groups attached to an aromatic ring is 1. The molecule has 0 spiro atoms. The summed E-state index contributed by atoms with van der Waals surface area (Å²) >= 11 is 0. The fourth-order valence-electron chi connectivity index (χ4n) is 4.91. The summed E-state index contributed by atoms with van der Waals surface area (Å²) in [7, 11) is -8.24. The summed E-state index contributed by atoms with van der Waals surface area (Å²) in [6.07, 6.45) is -9.30. The molecule has 2 bridgehead atoms. The lowest BCUT2D eigenvalue weighted by Crippen LogP contribution is -2.45. The predicted molar refractivity (Wildman–Crippen MR) is 127 cm³/mol. The summed E-state index contributed by atoms with van der Waals surface area (Å²) in [5.41, 5.74) is 6.10. The van der Waals surface area contributed by atoms with Gasteiger partial charge in [-0.05, 0) is 0 Å². The van der Waals surface area contributed by atoms with Crippen molar-refractivity contribution in [1.82, 2.24) is 24.8 Å². The molecule has 0 radical (unpaired) electrons. The highest BCUT2D eigenvalue weighted by atomic mass is 31.2. The number of ether oxygens (including phenoxy) is 2. The first kappa shape index (κ1) is 28.3. The van der Waals surface area contributed by atoms with Gasteiger partial charge in [-0.25, -0.2) is 28.3 Å². The zero-order chi connectivity index (χ0) is 29.1. The number of carbonyl (C=O) groups excluding carboxylic acids is 2. The van der Waals surface area contributed by atoms with Gasteiger partial charge in [0.2, 0.25) is 11.8 Å². The van der Waals surface area contributed by atoms with E-state index in [1.165, 1.54) is 10.9 Å². The highest BCUT2D eigenvalue weighted by molar-refractivity contribution is 7.47. The summed E-state index contributed by atoms with van der Waals surface area (Å²) in [6.45, 7) is -1.61. The zero-order valence-corrected chi connectivity index (χ0v) is 22.3. The molecule has 4 unspecified atom stereocenters. The van der Waals surface area contributed by atoms with Crippen LogP contribution in [0.5, 0.6) is 0 Å².